The van der Waals surface area contributed by atoms with E-state index in [0.717, 1.165) is 46.8 Å². The molecule has 8 heteroatoms. The maximum Gasteiger partial charge on any atom is 0.277 e. The molecule has 0 amide bonds. The predicted octanol–water partition coefficient (Wildman–Crippen LogP) is 4.91. The molecule has 0 fully saturated rings. The monoisotopic (exact) mass is 404 g/mol. The third kappa shape index (κ3) is 4.75. The molecule has 1 aromatic heterocycles. The van der Waals surface area contributed by atoms with Gasteiger partial charge in [-0.3, -0.25) is 4.79 Å². The SMILES string of the molecule is Cc1ccc(C)c(OCc2nnc(SC(C)C(=O)c3cc(F)ccc3F)o2)c1. The second-order valence-corrected chi connectivity index (χ2v) is 7.56. The van der Waals surface area contributed by atoms with E-state index in [-0.39, 0.29) is 23.3 Å². The molecule has 146 valence electrons. The summed E-state index contributed by atoms with van der Waals surface area (Å²) in [6, 6.07) is 8.63. The van der Waals surface area contributed by atoms with Gasteiger partial charge in [0.05, 0.1) is 10.8 Å². The summed E-state index contributed by atoms with van der Waals surface area (Å²) in [5, 5.41) is 7.18. The van der Waals surface area contributed by atoms with Gasteiger partial charge in [0.25, 0.3) is 11.1 Å². The molecule has 0 aliphatic carbocycles. The zero-order chi connectivity index (χ0) is 20.3. The first-order valence-corrected chi connectivity index (χ1v) is 9.40. The zero-order valence-corrected chi connectivity index (χ0v) is 16.3. The number of ketones is 1. The first-order valence-electron chi connectivity index (χ1n) is 8.52. The van der Waals surface area contributed by atoms with E-state index < -0.39 is 22.7 Å². The third-order valence-electron chi connectivity index (χ3n) is 3.98. The van der Waals surface area contributed by atoms with Crippen LogP contribution in [0.1, 0.15) is 34.3 Å². The summed E-state index contributed by atoms with van der Waals surface area (Å²) in [4.78, 5) is 12.4. The molecular formula is C20H18F2N2O3S. The molecule has 0 N–H and O–H groups in total. The molecule has 3 rings (SSSR count). The Hall–Kier alpha value is -2.74. The summed E-state index contributed by atoms with van der Waals surface area (Å²) in [5.74, 6) is -1.04. The van der Waals surface area contributed by atoms with Crippen molar-refractivity contribution >= 4 is 17.5 Å². The van der Waals surface area contributed by atoms with E-state index in [4.69, 9.17) is 9.15 Å². The summed E-state index contributed by atoms with van der Waals surface area (Å²) < 4.78 is 38.3. The number of halogens is 2. The van der Waals surface area contributed by atoms with Gasteiger partial charge in [0.2, 0.25) is 0 Å². The van der Waals surface area contributed by atoms with Gasteiger partial charge in [-0.1, -0.05) is 23.9 Å². The maximum atomic E-state index is 13.8. The molecule has 0 saturated heterocycles. The van der Waals surface area contributed by atoms with Crippen molar-refractivity contribution in [1.29, 1.82) is 0 Å². The van der Waals surface area contributed by atoms with Gasteiger partial charge in [0.15, 0.2) is 12.4 Å². The van der Waals surface area contributed by atoms with Crippen molar-refractivity contribution in [2.75, 3.05) is 0 Å². The summed E-state index contributed by atoms with van der Waals surface area (Å²) in [7, 11) is 0. The second kappa shape index (κ2) is 8.52. The third-order valence-corrected chi connectivity index (χ3v) is 4.92. The van der Waals surface area contributed by atoms with E-state index in [1.165, 1.54) is 0 Å². The molecule has 0 saturated carbocycles. The van der Waals surface area contributed by atoms with E-state index in [2.05, 4.69) is 10.2 Å². The number of carbonyl (C=O) groups excluding carboxylic acids is 1. The van der Waals surface area contributed by atoms with Crippen LogP contribution in [0.5, 0.6) is 5.75 Å². The lowest BCUT2D eigenvalue weighted by molar-refractivity contribution is 0.0989. The number of hydrogen-bond acceptors (Lipinski definition) is 6. The van der Waals surface area contributed by atoms with E-state index in [0.29, 0.717) is 0 Å². The Morgan fingerprint density at radius 1 is 1.18 bits per heavy atom. The Kier molecular flexibility index (Phi) is 6.08. The van der Waals surface area contributed by atoms with Gasteiger partial charge in [0.1, 0.15) is 17.4 Å². The van der Waals surface area contributed by atoms with Gasteiger partial charge in [-0.2, -0.15) is 0 Å². The normalized spacial score (nSPS) is 12.0. The summed E-state index contributed by atoms with van der Waals surface area (Å²) in [5.41, 5.74) is 1.74. The lowest BCUT2D eigenvalue weighted by atomic mass is 10.1. The van der Waals surface area contributed by atoms with Gasteiger partial charge >= 0.3 is 0 Å². The van der Waals surface area contributed by atoms with Crippen molar-refractivity contribution in [3.8, 4) is 5.75 Å². The number of aromatic nitrogens is 2. The van der Waals surface area contributed by atoms with Crippen LogP contribution in [-0.4, -0.2) is 21.2 Å². The Bertz CT molecular complexity index is 1010. The smallest absolute Gasteiger partial charge is 0.277 e. The van der Waals surface area contributed by atoms with Gasteiger partial charge < -0.3 is 9.15 Å². The fourth-order valence-corrected chi connectivity index (χ4v) is 3.23. The highest BCUT2D eigenvalue weighted by Crippen LogP contribution is 2.26. The van der Waals surface area contributed by atoms with E-state index >= 15 is 0 Å². The Morgan fingerprint density at radius 2 is 1.96 bits per heavy atom. The van der Waals surface area contributed by atoms with Crippen LogP contribution in [0.3, 0.4) is 0 Å². The topological polar surface area (TPSA) is 65.2 Å². The quantitative estimate of drug-likeness (QED) is 0.412. The highest BCUT2D eigenvalue weighted by atomic mass is 32.2. The number of Topliss-reactive ketones (excluding diaryl/α,β-unsaturated/α-hetero) is 1. The van der Waals surface area contributed by atoms with Crippen molar-refractivity contribution in [3.63, 3.8) is 0 Å². The fourth-order valence-electron chi connectivity index (χ4n) is 2.46. The number of benzene rings is 2. The molecule has 5 nitrogen and oxygen atoms in total. The Labute approximate surface area is 165 Å². The van der Waals surface area contributed by atoms with Crippen molar-refractivity contribution in [2.45, 2.75) is 37.9 Å². The summed E-state index contributed by atoms with van der Waals surface area (Å²) in [6.07, 6.45) is 0. The largest absolute Gasteiger partial charge is 0.484 e. The van der Waals surface area contributed by atoms with Crippen LogP contribution in [0, 0.1) is 25.5 Å². The average Bonchev–Trinajstić information content (AvgIpc) is 3.11. The molecule has 0 bridgehead atoms. The molecule has 2 aromatic carbocycles. The zero-order valence-electron chi connectivity index (χ0n) is 15.5. The number of ether oxygens (including phenoxy) is 1. The van der Waals surface area contributed by atoms with Crippen LogP contribution in [0.2, 0.25) is 0 Å². The lowest BCUT2D eigenvalue weighted by Gasteiger charge is -2.08. The van der Waals surface area contributed by atoms with E-state index in [1.807, 2.05) is 32.0 Å². The fraction of sp³-hybridized carbons (Fsp3) is 0.250. The Morgan fingerprint density at radius 3 is 2.75 bits per heavy atom. The van der Waals surface area contributed by atoms with Crippen molar-refractivity contribution in [1.82, 2.24) is 10.2 Å². The number of carbonyl (C=O) groups is 1. The first-order chi connectivity index (χ1) is 13.3. The maximum absolute atomic E-state index is 13.8. The molecule has 0 radical (unpaired) electrons. The number of aryl methyl sites for hydroxylation is 2. The number of thioether (sulfide) groups is 1. The van der Waals surface area contributed by atoms with Crippen LogP contribution >= 0.6 is 11.8 Å². The molecule has 0 aliphatic heterocycles. The lowest BCUT2D eigenvalue weighted by Crippen LogP contribution is -2.15. The van der Waals surface area contributed by atoms with Crippen molar-refractivity contribution in [3.05, 3.63) is 70.6 Å². The summed E-state index contributed by atoms with van der Waals surface area (Å²) in [6.45, 7) is 5.54. The van der Waals surface area contributed by atoms with E-state index in [9.17, 15) is 13.6 Å². The van der Waals surface area contributed by atoms with Crippen LogP contribution in [0.25, 0.3) is 0 Å². The van der Waals surface area contributed by atoms with Gasteiger partial charge in [-0.15, -0.1) is 10.2 Å². The van der Waals surface area contributed by atoms with Gasteiger partial charge in [-0.25, -0.2) is 8.78 Å². The van der Waals surface area contributed by atoms with Gasteiger partial charge in [0, 0.05) is 0 Å². The molecule has 0 aliphatic rings. The molecule has 1 heterocycles. The van der Waals surface area contributed by atoms with Crippen LogP contribution in [0.4, 0.5) is 8.78 Å². The van der Waals surface area contributed by atoms with Crippen LogP contribution in [0.15, 0.2) is 46.0 Å². The minimum absolute atomic E-state index is 0.0820. The molecule has 1 atom stereocenters. The first kappa shape index (κ1) is 20.0. The van der Waals surface area contributed by atoms with Crippen molar-refractivity contribution < 1.29 is 22.7 Å². The molecular weight excluding hydrogens is 386 g/mol. The number of hydrogen-bond donors (Lipinski definition) is 0. The number of nitrogens with zero attached hydrogens (tertiary/aromatic N) is 2. The molecule has 1 unspecified atom stereocenters. The highest BCUT2D eigenvalue weighted by molar-refractivity contribution is 8.00. The van der Waals surface area contributed by atoms with E-state index in [1.54, 1.807) is 6.92 Å². The standard InChI is InChI=1S/C20H18F2N2O3S/c1-11-4-5-12(2)17(8-11)26-10-18-23-24-20(27-18)28-13(3)19(25)15-9-14(21)6-7-16(15)22/h4-9,13H,10H2,1-3H3. The molecule has 0 spiro atoms. The van der Waals surface area contributed by atoms with Crippen molar-refractivity contribution in [2.24, 2.45) is 0 Å². The minimum Gasteiger partial charge on any atom is -0.484 e. The number of rotatable bonds is 7. The van der Waals surface area contributed by atoms with Crippen LogP contribution < -0.4 is 4.74 Å². The second-order valence-electron chi connectivity index (χ2n) is 6.27. The average molecular weight is 404 g/mol. The Balaban J connectivity index is 1.63. The molecule has 28 heavy (non-hydrogen) atoms. The minimum atomic E-state index is -0.771. The summed E-state index contributed by atoms with van der Waals surface area (Å²) >= 11 is 0.975. The van der Waals surface area contributed by atoms with Gasteiger partial charge in [-0.05, 0) is 56.2 Å². The van der Waals surface area contributed by atoms with Crippen LogP contribution in [-0.2, 0) is 6.61 Å². The molecule has 3 aromatic rings. The predicted molar refractivity (Wildman–Crippen MR) is 101 cm³/mol. The highest BCUT2D eigenvalue weighted by Gasteiger charge is 2.23.